The van der Waals surface area contributed by atoms with E-state index in [9.17, 15) is 9.59 Å². The van der Waals surface area contributed by atoms with Gasteiger partial charge >= 0.3 is 0 Å². The number of rotatable bonds is 12. The summed E-state index contributed by atoms with van der Waals surface area (Å²) >= 11 is 0. The molecule has 0 N–H and O–H groups in total. The number of ether oxygens (including phenoxy) is 3. The Balaban J connectivity index is 0.873. The number of ketones is 2. The lowest BCUT2D eigenvalue weighted by Crippen LogP contribution is -2.47. The Labute approximate surface area is 325 Å². The van der Waals surface area contributed by atoms with Crippen molar-refractivity contribution in [3.63, 3.8) is 0 Å². The molecule has 53 heavy (non-hydrogen) atoms. The van der Waals surface area contributed by atoms with Crippen molar-refractivity contribution in [3.05, 3.63) is 0 Å². The quantitative estimate of drug-likeness (QED) is 0.200. The number of methoxy groups -OCH3 is 1. The van der Waals surface area contributed by atoms with Gasteiger partial charge in [-0.2, -0.15) is 0 Å². The van der Waals surface area contributed by atoms with Crippen molar-refractivity contribution in [3.8, 4) is 0 Å². The number of hydrogen-bond acceptors (Lipinski definition) is 5. The first-order chi connectivity index (χ1) is 25.8. The highest BCUT2D eigenvalue weighted by Gasteiger charge is 2.50. The monoisotopic (exact) mass is 737 g/mol. The van der Waals surface area contributed by atoms with Crippen LogP contribution in [0.25, 0.3) is 0 Å². The summed E-state index contributed by atoms with van der Waals surface area (Å²) in [7, 11) is 1.91. The van der Waals surface area contributed by atoms with E-state index in [2.05, 4.69) is 13.8 Å². The first-order valence-electron chi connectivity index (χ1n) is 23.7. The van der Waals surface area contributed by atoms with Gasteiger partial charge in [0.05, 0.1) is 30.5 Å². The van der Waals surface area contributed by atoms with Crippen LogP contribution in [-0.4, -0.2) is 49.2 Å². The molecule has 7 rings (SSSR count). The summed E-state index contributed by atoms with van der Waals surface area (Å²) < 4.78 is 19.6. The minimum Gasteiger partial charge on any atom is -0.381 e. The standard InChI is InChI=1S/C48H80O5/c1-33-9-11-35(12-10-33)47(50)37-15-25-43(26-16-37)53-45-31-21-40(22-32-45)48(2,38-17-27-41(51-3)28-18-38)39-19-29-44(30-20-39)52-42-23-13-36(14-24-42)46(49)34-7-5-4-6-8-34/h33-45H,4-32H2,1-3H3. The topological polar surface area (TPSA) is 61.8 Å². The summed E-state index contributed by atoms with van der Waals surface area (Å²) in [6.45, 7) is 5.08. The minimum absolute atomic E-state index is 0.301. The average Bonchev–Trinajstić information content (AvgIpc) is 3.22. The van der Waals surface area contributed by atoms with Gasteiger partial charge in [-0.3, -0.25) is 9.59 Å². The second-order valence-electron chi connectivity index (χ2n) is 20.3. The molecule has 7 saturated carbocycles. The van der Waals surface area contributed by atoms with Crippen LogP contribution in [0.5, 0.6) is 0 Å². The van der Waals surface area contributed by atoms with Crippen LogP contribution in [-0.2, 0) is 23.8 Å². The zero-order chi connectivity index (χ0) is 36.8. The molecule has 5 heteroatoms. The zero-order valence-corrected chi connectivity index (χ0v) is 34.6. The lowest BCUT2D eigenvalue weighted by Gasteiger charge is -2.54. The SMILES string of the molecule is COC1CCC(C(C)(C2CCC(OC3CCC(C(=O)C4CCCCC4)CC3)CC2)C2CCC(OC3CCC(C(=O)C4CCC(C)CC4)CC3)CC2)CC1. The van der Waals surface area contributed by atoms with Crippen molar-refractivity contribution in [2.45, 2.75) is 231 Å². The molecule has 0 saturated heterocycles. The smallest absolute Gasteiger partial charge is 0.139 e. The van der Waals surface area contributed by atoms with Gasteiger partial charge in [-0.05, 0) is 183 Å². The van der Waals surface area contributed by atoms with Crippen molar-refractivity contribution in [1.29, 1.82) is 0 Å². The molecule has 0 heterocycles. The molecule has 0 radical (unpaired) electrons. The van der Waals surface area contributed by atoms with Gasteiger partial charge in [0.2, 0.25) is 0 Å². The molecular formula is C48H80O5. The maximum Gasteiger partial charge on any atom is 0.139 e. The van der Waals surface area contributed by atoms with Gasteiger partial charge in [0, 0.05) is 30.8 Å². The third-order valence-corrected chi connectivity index (χ3v) is 17.3. The molecular weight excluding hydrogens is 657 g/mol. The van der Waals surface area contributed by atoms with Crippen LogP contribution >= 0.6 is 0 Å². The number of hydrogen-bond donors (Lipinski definition) is 0. The second-order valence-corrected chi connectivity index (χ2v) is 20.3. The molecule has 7 aliphatic rings. The van der Waals surface area contributed by atoms with E-state index in [0.29, 0.717) is 71.2 Å². The fraction of sp³-hybridized carbons (Fsp3) is 0.958. The second kappa shape index (κ2) is 19.1. The summed E-state index contributed by atoms with van der Waals surface area (Å²) in [5.41, 5.74) is 0.390. The Morgan fingerprint density at radius 1 is 0.396 bits per heavy atom. The summed E-state index contributed by atoms with van der Waals surface area (Å²) in [5, 5.41) is 0. The van der Waals surface area contributed by atoms with E-state index < -0.39 is 0 Å². The van der Waals surface area contributed by atoms with E-state index in [4.69, 9.17) is 14.2 Å². The van der Waals surface area contributed by atoms with Crippen LogP contribution in [0.15, 0.2) is 0 Å². The van der Waals surface area contributed by atoms with Crippen LogP contribution in [0.1, 0.15) is 200 Å². The molecule has 0 aliphatic heterocycles. The van der Waals surface area contributed by atoms with Crippen LogP contribution in [0.4, 0.5) is 0 Å². The Bertz CT molecular complexity index is 1110. The Kier molecular flexibility index (Phi) is 14.6. The van der Waals surface area contributed by atoms with Gasteiger partial charge < -0.3 is 14.2 Å². The van der Waals surface area contributed by atoms with Crippen molar-refractivity contribution < 1.29 is 23.8 Å². The van der Waals surface area contributed by atoms with Gasteiger partial charge in [0.25, 0.3) is 0 Å². The first kappa shape index (κ1) is 40.4. The summed E-state index contributed by atoms with van der Waals surface area (Å²) in [6.07, 6.45) is 36.7. The number of carbonyl (C=O) groups excluding carboxylic acids is 2. The minimum atomic E-state index is 0.301. The molecule has 7 aliphatic carbocycles. The fourth-order valence-corrected chi connectivity index (χ4v) is 13.7. The maximum atomic E-state index is 13.3. The Morgan fingerprint density at radius 2 is 0.698 bits per heavy atom. The Morgan fingerprint density at radius 3 is 1.06 bits per heavy atom. The van der Waals surface area contributed by atoms with Crippen LogP contribution in [0, 0.1) is 52.8 Å². The third-order valence-electron chi connectivity index (χ3n) is 17.3. The molecule has 1 atom stereocenters. The summed E-state index contributed by atoms with van der Waals surface area (Å²) in [4.78, 5) is 26.5. The molecule has 0 bridgehead atoms. The highest BCUT2D eigenvalue weighted by atomic mass is 16.5. The van der Waals surface area contributed by atoms with Gasteiger partial charge in [-0.15, -0.1) is 0 Å². The molecule has 1 unspecified atom stereocenters. The van der Waals surface area contributed by atoms with E-state index in [-0.39, 0.29) is 0 Å². The van der Waals surface area contributed by atoms with E-state index in [1.807, 2.05) is 7.11 Å². The first-order valence-corrected chi connectivity index (χ1v) is 23.7. The molecule has 5 nitrogen and oxygen atoms in total. The molecule has 0 aromatic carbocycles. The van der Waals surface area contributed by atoms with E-state index in [0.717, 1.165) is 101 Å². The van der Waals surface area contributed by atoms with Crippen LogP contribution in [0.2, 0.25) is 0 Å². The van der Waals surface area contributed by atoms with Crippen molar-refractivity contribution >= 4 is 11.6 Å². The lowest BCUT2D eigenvalue weighted by molar-refractivity contribution is -0.131. The van der Waals surface area contributed by atoms with Gasteiger partial charge in [0.15, 0.2) is 0 Å². The predicted molar refractivity (Wildman–Crippen MR) is 214 cm³/mol. The van der Waals surface area contributed by atoms with Crippen molar-refractivity contribution in [2.24, 2.45) is 52.8 Å². The lowest BCUT2D eigenvalue weighted by atomic mass is 9.52. The van der Waals surface area contributed by atoms with Gasteiger partial charge in [-0.1, -0.05) is 46.0 Å². The largest absolute Gasteiger partial charge is 0.381 e. The molecule has 0 spiro atoms. The normalized spacial score (nSPS) is 42.0. The summed E-state index contributed by atoms with van der Waals surface area (Å²) in [6, 6.07) is 0. The van der Waals surface area contributed by atoms with E-state index >= 15 is 0 Å². The molecule has 0 amide bonds. The molecule has 302 valence electrons. The highest BCUT2D eigenvalue weighted by molar-refractivity contribution is 5.84. The van der Waals surface area contributed by atoms with Gasteiger partial charge in [0.1, 0.15) is 11.6 Å². The zero-order valence-electron chi connectivity index (χ0n) is 34.6. The van der Waals surface area contributed by atoms with Gasteiger partial charge in [-0.25, -0.2) is 0 Å². The van der Waals surface area contributed by atoms with E-state index in [1.54, 1.807) is 0 Å². The van der Waals surface area contributed by atoms with E-state index in [1.165, 1.54) is 109 Å². The molecule has 7 fully saturated rings. The number of Topliss-reactive ketones (excluding diaryl/α,β-unsaturated/α-hetero) is 2. The van der Waals surface area contributed by atoms with Crippen molar-refractivity contribution in [1.82, 2.24) is 0 Å². The maximum absolute atomic E-state index is 13.3. The third kappa shape index (κ3) is 10.0. The van der Waals surface area contributed by atoms with Crippen LogP contribution < -0.4 is 0 Å². The van der Waals surface area contributed by atoms with Crippen molar-refractivity contribution in [2.75, 3.05) is 7.11 Å². The molecule has 0 aromatic heterocycles. The molecule has 0 aromatic rings. The predicted octanol–water partition coefficient (Wildman–Crippen LogP) is 12.0. The van der Waals surface area contributed by atoms with Crippen LogP contribution in [0.3, 0.4) is 0 Å². The highest BCUT2D eigenvalue weighted by Crippen LogP contribution is 2.57. The summed E-state index contributed by atoms with van der Waals surface area (Å²) in [5.74, 6) is 5.70. The number of carbonyl (C=O) groups is 2. The fourth-order valence-electron chi connectivity index (χ4n) is 13.7. The Hall–Kier alpha value is -0.780. The average molecular weight is 737 g/mol.